The molecular formula is C22H28N2O4. The average Bonchev–Trinajstić information content (AvgIpc) is 2.68. The zero-order valence-electron chi connectivity index (χ0n) is 16.7. The molecule has 0 aliphatic carbocycles. The lowest BCUT2D eigenvalue weighted by atomic mass is 9.98. The average molecular weight is 384 g/mol. The highest BCUT2D eigenvalue weighted by atomic mass is 16.5. The van der Waals surface area contributed by atoms with Crippen LogP contribution in [0.2, 0.25) is 0 Å². The Hall–Kier alpha value is -2.57. The summed E-state index contributed by atoms with van der Waals surface area (Å²) in [5, 5.41) is 20.2. The third kappa shape index (κ3) is 4.46. The van der Waals surface area contributed by atoms with E-state index >= 15 is 0 Å². The maximum Gasteiger partial charge on any atom is 0.261 e. The van der Waals surface area contributed by atoms with E-state index in [-0.39, 0.29) is 28.9 Å². The predicted molar refractivity (Wildman–Crippen MR) is 109 cm³/mol. The van der Waals surface area contributed by atoms with Crippen molar-refractivity contribution < 1.29 is 19.7 Å². The molecule has 0 bridgehead atoms. The minimum absolute atomic E-state index is 0.000770. The monoisotopic (exact) mass is 384 g/mol. The van der Waals surface area contributed by atoms with Gasteiger partial charge in [-0.2, -0.15) is 0 Å². The van der Waals surface area contributed by atoms with Gasteiger partial charge in [-0.25, -0.2) is 0 Å². The third-order valence-electron chi connectivity index (χ3n) is 5.14. The molecule has 3 rings (SSSR count). The molecule has 150 valence electrons. The summed E-state index contributed by atoms with van der Waals surface area (Å²) in [7, 11) is 1.68. The standard InChI is InChI=1S/C22H28N2O4/c1-15(2)18-12-19(21(26)13-20(18)25)22(27)23(3)17-6-4-16(5-7-17)14-24-8-10-28-11-9-24/h4-7,12-13,15,25-26H,8-11,14H2,1-3H3. The van der Waals surface area contributed by atoms with Gasteiger partial charge >= 0.3 is 0 Å². The molecule has 0 saturated carbocycles. The van der Waals surface area contributed by atoms with Crippen molar-refractivity contribution in [2.45, 2.75) is 26.3 Å². The zero-order valence-corrected chi connectivity index (χ0v) is 16.7. The topological polar surface area (TPSA) is 73.2 Å². The van der Waals surface area contributed by atoms with E-state index in [1.165, 1.54) is 16.5 Å². The number of phenolic OH excluding ortho intramolecular Hbond substituents is 2. The highest BCUT2D eigenvalue weighted by Crippen LogP contribution is 2.33. The summed E-state index contributed by atoms with van der Waals surface area (Å²) >= 11 is 0. The van der Waals surface area contributed by atoms with Crippen molar-refractivity contribution >= 4 is 11.6 Å². The van der Waals surface area contributed by atoms with Crippen molar-refractivity contribution in [2.24, 2.45) is 0 Å². The molecule has 1 aliphatic heterocycles. The summed E-state index contributed by atoms with van der Waals surface area (Å²) in [6, 6.07) is 10.7. The number of rotatable bonds is 5. The van der Waals surface area contributed by atoms with E-state index in [4.69, 9.17) is 4.74 Å². The second-order valence-electron chi connectivity index (χ2n) is 7.50. The van der Waals surface area contributed by atoms with Gasteiger partial charge in [-0.05, 0) is 35.2 Å². The smallest absolute Gasteiger partial charge is 0.261 e. The molecule has 2 N–H and O–H groups in total. The summed E-state index contributed by atoms with van der Waals surface area (Å²) < 4.78 is 5.37. The minimum atomic E-state index is -0.319. The molecule has 0 unspecified atom stereocenters. The number of nitrogens with zero attached hydrogens (tertiary/aromatic N) is 2. The van der Waals surface area contributed by atoms with Gasteiger partial charge in [0.1, 0.15) is 11.5 Å². The largest absolute Gasteiger partial charge is 0.508 e. The zero-order chi connectivity index (χ0) is 20.3. The van der Waals surface area contributed by atoms with Gasteiger partial charge in [0.15, 0.2) is 0 Å². The maximum atomic E-state index is 12.9. The van der Waals surface area contributed by atoms with Crippen molar-refractivity contribution in [1.82, 2.24) is 4.90 Å². The van der Waals surface area contributed by atoms with Crippen LogP contribution >= 0.6 is 0 Å². The van der Waals surface area contributed by atoms with E-state index in [0.29, 0.717) is 5.56 Å². The number of hydrogen-bond acceptors (Lipinski definition) is 5. The minimum Gasteiger partial charge on any atom is -0.508 e. The molecule has 1 saturated heterocycles. The number of morpholine rings is 1. The normalized spacial score (nSPS) is 15.0. The Kier molecular flexibility index (Phi) is 6.21. The number of carbonyl (C=O) groups excluding carboxylic acids is 1. The van der Waals surface area contributed by atoms with Gasteiger partial charge in [-0.1, -0.05) is 26.0 Å². The molecule has 2 aromatic rings. The van der Waals surface area contributed by atoms with Crippen LogP contribution in [0.5, 0.6) is 11.5 Å². The van der Waals surface area contributed by atoms with E-state index in [1.807, 2.05) is 38.1 Å². The first-order chi connectivity index (χ1) is 13.4. The first kappa shape index (κ1) is 20.2. The van der Waals surface area contributed by atoms with Crippen LogP contribution in [0, 0.1) is 0 Å². The quantitative estimate of drug-likeness (QED) is 0.827. The molecule has 0 atom stereocenters. The van der Waals surface area contributed by atoms with Gasteiger partial charge in [0.2, 0.25) is 0 Å². The molecule has 1 aliphatic rings. The molecule has 0 spiro atoms. The van der Waals surface area contributed by atoms with Gasteiger partial charge in [0, 0.05) is 38.4 Å². The van der Waals surface area contributed by atoms with E-state index in [9.17, 15) is 15.0 Å². The van der Waals surface area contributed by atoms with Gasteiger partial charge in [0.05, 0.1) is 18.8 Å². The summed E-state index contributed by atoms with van der Waals surface area (Å²) in [4.78, 5) is 16.8. The molecule has 6 heteroatoms. The highest BCUT2D eigenvalue weighted by Gasteiger charge is 2.21. The second kappa shape index (κ2) is 8.63. The third-order valence-corrected chi connectivity index (χ3v) is 5.14. The maximum absolute atomic E-state index is 12.9. The first-order valence-corrected chi connectivity index (χ1v) is 9.59. The number of amides is 1. The van der Waals surface area contributed by atoms with Crippen molar-refractivity contribution in [3.05, 3.63) is 53.1 Å². The summed E-state index contributed by atoms with van der Waals surface area (Å²) in [5.74, 6) is -0.501. The van der Waals surface area contributed by atoms with E-state index in [1.54, 1.807) is 13.1 Å². The van der Waals surface area contributed by atoms with E-state index in [0.717, 1.165) is 38.5 Å². The van der Waals surface area contributed by atoms with Gasteiger partial charge in [-0.15, -0.1) is 0 Å². The number of benzene rings is 2. The van der Waals surface area contributed by atoms with Crippen molar-refractivity contribution in [1.29, 1.82) is 0 Å². The van der Waals surface area contributed by atoms with Crippen LogP contribution in [0.1, 0.15) is 41.3 Å². The van der Waals surface area contributed by atoms with E-state index < -0.39 is 0 Å². The number of ether oxygens (including phenoxy) is 1. The van der Waals surface area contributed by atoms with Crippen LogP contribution in [0.4, 0.5) is 5.69 Å². The second-order valence-corrected chi connectivity index (χ2v) is 7.50. The van der Waals surface area contributed by atoms with Gasteiger partial charge in [0.25, 0.3) is 5.91 Å². The Morgan fingerprint density at radius 1 is 1.11 bits per heavy atom. The predicted octanol–water partition coefficient (Wildman–Crippen LogP) is 3.33. The Balaban J connectivity index is 1.75. The van der Waals surface area contributed by atoms with Crippen molar-refractivity contribution in [3.63, 3.8) is 0 Å². The number of anilines is 1. The number of carbonyl (C=O) groups is 1. The SMILES string of the molecule is CC(C)c1cc(C(=O)N(C)c2ccc(CN3CCOCC3)cc2)c(O)cc1O. The fourth-order valence-corrected chi connectivity index (χ4v) is 3.37. The molecule has 1 amide bonds. The van der Waals surface area contributed by atoms with Crippen molar-refractivity contribution in [3.8, 4) is 11.5 Å². The lowest BCUT2D eigenvalue weighted by Crippen LogP contribution is -2.35. The molecule has 1 heterocycles. The van der Waals surface area contributed by atoms with Crippen LogP contribution in [0.3, 0.4) is 0 Å². The van der Waals surface area contributed by atoms with Crippen LogP contribution in [0.25, 0.3) is 0 Å². The molecule has 0 radical (unpaired) electrons. The number of aromatic hydroxyl groups is 2. The van der Waals surface area contributed by atoms with Crippen LogP contribution in [-0.4, -0.2) is 54.4 Å². The fourth-order valence-electron chi connectivity index (χ4n) is 3.37. The molecule has 28 heavy (non-hydrogen) atoms. The molecule has 1 fully saturated rings. The van der Waals surface area contributed by atoms with Crippen LogP contribution < -0.4 is 4.90 Å². The Labute approximate surface area is 166 Å². The lowest BCUT2D eigenvalue weighted by Gasteiger charge is -2.26. The first-order valence-electron chi connectivity index (χ1n) is 9.59. The van der Waals surface area contributed by atoms with Crippen LogP contribution in [-0.2, 0) is 11.3 Å². The summed E-state index contributed by atoms with van der Waals surface area (Å²) in [5.41, 5.74) is 2.74. The molecular weight excluding hydrogens is 356 g/mol. The Morgan fingerprint density at radius 2 is 1.75 bits per heavy atom. The Bertz CT molecular complexity index is 827. The van der Waals surface area contributed by atoms with Gasteiger partial charge in [-0.3, -0.25) is 9.69 Å². The fraction of sp³-hybridized carbons (Fsp3) is 0.409. The van der Waals surface area contributed by atoms with Crippen molar-refractivity contribution in [2.75, 3.05) is 38.3 Å². The lowest BCUT2D eigenvalue weighted by molar-refractivity contribution is 0.0342. The van der Waals surface area contributed by atoms with Gasteiger partial charge < -0.3 is 19.8 Å². The number of phenols is 2. The van der Waals surface area contributed by atoms with Crippen LogP contribution in [0.15, 0.2) is 36.4 Å². The highest BCUT2D eigenvalue weighted by molar-refractivity contribution is 6.07. The Morgan fingerprint density at radius 3 is 2.36 bits per heavy atom. The summed E-state index contributed by atoms with van der Waals surface area (Å²) in [6.45, 7) is 8.11. The number of hydrogen-bond donors (Lipinski definition) is 2. The molecule has 6 nitrogen and oxygen atoms in total. The molecule has 0 aromatic heterocycles. The molecule has 2 aromatic carbocycles. The van der Waals surface area contributed by atoms with E-state index in [2.05, 4.69) is 4.90 Å². The summed E-state index contributed by atoms with van der Waals surface area (Å²) in [6.07, 6.45) is 0.